The number of esters is 1. The Bertz CT molecular complexity index is 367. The van der Waals surface area contributed by atoms with Crippen LogP contribution in [0.5, 0.6) is 0 Å². The fourth-order valence-corrected chi connectivity index (χ4v) is 2.17. The summed E-state index contributed by atoms with van der Waals surface area (Å²) in [5.41, 5.74) is -0.571. The Morgan fingerprint density at radius 1 is 1.29 bits per heavy atom. The van der Waals surface area contributed by atoms with Gasteiger partial charge >= 0.3 is 12.1 Å². The van der Waals surface area contributed by atoms with Crippen LogP contribution in [0.4, 0.5) is 4.79 Å². The summed E-state index contributed by atoms with van der Waals surface area (Å²) in [6.07, 6.45) is -0.430. The van der Waals surface area contributed by atoms with E-state index in [0.717, 1.165) is 0 Å². The zero-order valence-electron chi connectivity index (χ0n) is 13.3. The van der Waals surface area contributed by atoms with Crippen molar-refractivity contribution in [2.24, 2.45) is 0 Å². The molecule has 0 aromatic rings. The molecule has 1 aliphatic heterocycles. The number of piperazine rings is 1. The van der Waals surface area contributed by atoms with Crippen molar-refractivity contribution in [1.29, 1.82) is 0 Å². The highest BCUT2D eigenvalue weighted by Crippen LogP contribution is 2.15. The lowest BCUT2D eigenvalue weighted by Gasteiger charge is -2.39. The molecule has 0 bridgehead atoms. The molecule has 0 aromatic heterocycles. The van der Waals surface area contributed by atoms with Crippen LogP contribution in [0.25, 0.3) is 0 Å². The Balaban J connectivity index is 2.72. The molecular formula is C14H26N2O5. The van der Waals surface area contributed by atoms with E-state index >= 15 is 0 Å². The number of aliphatic hydroxyl groups excluding tert-OH is 1. The van der Waals surface area contributed by atoms with Crippen LogP contribution < -0.4 is 0 Å². The van der Waals surface area contributed by atoms with Gasteiger partial charge in [-0.3, -0.25) is 9.69 Å². The van der Waals surface area contributed by atoms with Crippen molar-refractivity contribution >= 4 is 12.1 Å². The molecule has 122 valence electrons. The maximum absolute atomic E-state index is 12.1. The summed E-state index contributed by atoms with van der Waals surface area (Å²) in [5.74, 6) is -0.376. The summed E-state index contributed by atoms with van der Waals surface area (Å²) in [7, 11) is 0. The van der Waals surface area contributed by atoms with Crippen LogP contribution in [0.1, 0.15) is 27.7 Å². The van der Waals surface area contributed by atoms with Gasteiger partial charge in [0.25, 0.3) is 0 Å². The third-order valence-corrected chi connectivity index (χ3v) is 3.09. The number of aliphatic hydroxyl groups is 1. The molecule has 21 heavy (non-hydrogen) atoms. The number of carbonyl (C=O) groups excluding carboxylic acids is 2. The molecule has 1 heterocycles. The van der Waals surface area contributed by atoms with E-state index in [-0.39, 0.29) is 25.7 Å². The molecule has 0 spiro atoms. The van der Waals surface area contributed by atoms with Crippen molar-refractivity contribution in [3.63, 3.8) is 0 Å². The maximum atomic E-state index is 12.1. The zero-order chi connectivity index (χ0) is 16.0. The van der Waals surface area contributed by atoms with Gasteiger partial charge in [0.15, 0.2) is 0 Å². The zero-order valence-corrected chi connectivity index (χ0v) is 13.3. The van der Waals surface area contributed by atoms with Gasteiger partial charge in [-0.2, -0.15) is 0 Å². The van der Waals surface area contributed by atoms with Crippen molar-refractivity contribution in [3.8, 4) is 0 Å². The normalized spacial score (nSPS) is 20.2. The van der Waals surface area contributed by atoms with Gasteiger partial charge < -0.3 is 19.5 Å². The molecule has 1 fully saturated rings. The Morgan fingerprint density at radius 3 is 2.48 bits per heavy atom. The average Bonchev–Trinajstić information content (AvgIpc) is 2.37. The van der Waals surface area contributed by atoms with E-state index in [4.69, 9.17) is 14.6 Å². The predicted octanol–water partition coefficient (Wildman–Crippen LogP) is 0.463. The van der Waals surface area contributed by atoms with E-state index in [1.165, 1.54) is 4.90 Å². The molecule has 1 aliphatic rings. The third kappa shape index (κ3) is 5.51. The first-order valence-corrected chi connectivity index (χ1v) is 7.28. The SMILES string of the molecule is CCOC(=O)C1CN(C(=O)OC(C)(C)C)CCN1CCO. The van der Waals surface area contributed by atoms with Crippen LogP contribution in [0.3, 0.4) is 0 Å². The van der Waals surface area contributed by atoms with Crippen molar-refractivity contribution in [3.05, 3.63) is 0 Å². The number of ether oxygens (including phenoxy) is 2. The molecule has 1 atom stereocenters. The molecule has 1 saturated heterocycles. The Morgan fingerprint density at radius 2 is 1.95 bits per heavy atom. The smallest absolute Gasteiger partial charge is 0.410 e. The standard InChI is InChI=1S/C14H26N2O5/c1-5-20-12(18)11-10-16(7-6-15(11)8-9-17)13(19)21-14(2,3)4/h11,17H,5-10H2,1-4H3. The fourth-order valence-electron chi connectivity index (χ4n) is 2.17. The van der Waals surface area contributed by atoms with Gasteiger partial charge in [0.2, 0.25) is 0 Å². The molecule has 0 aliphatic carbocycles. The van der Waals surface area contributed by atoms with Gasteiger partial charge in [0.05, 0.1) is 19.8 Å². The highest BCUT2D eigenvalue weighted by Gasteiger charge is 2.36. The Kier molecular flexibility index (Phi) is 6.42. The van der Waals surface area contributed by atoms with Crippen LogP contribution in [0.2, 0.25) is 0 Å². The number of hydrogen-bond donors (Lipinski definition) is 1. The molecule has 1 amide bonds. The molecule has 1 unspecified atom stereocenters. The second-order valence-corrected chi connectivity index (χ2v) is 5.95. The molecule has 0 radical (unpaired) electrons. The van der Waals surface area contributed by atoms with Crippen LogP contribution in [0.15, 0.2) is 0 Å². The van der Waals surface area contributed by atoms with Crippen molar-refractivity contribution in [2.75, 3.05) is 39.4 Å². The second kappa shape index (κ2) is 7.61. The van der Waals surface area contributed by atoms with Crippen LogP contribution >= 0.6 is 0 Å². The van der Waals surface area contributed by atoms with Crippen molar-refractivity contribution < 1.29 is 24.2 Å². The van der Waals surface area contributed by atoms with Crippen molar-refractivity contribution in [2.45, 2.75) is 39.3 Å². The molecule has 7 heteroatoms. The highest BCUT2D eigenvalue weighted by atomic mass is 16.6. The predicted molar refractivity (Wildman–Crippen MR) is 76.9 cm³/mol. The van der Waals surface area contributed by atoms with Gasteiger partial charge in [-0.1, -0.05) is 0 Å². The molecule has 0 aromatic carbocycles. The van der Waals surface area contributed by atoms with E-state index < -0.39 is 17.7 Å². The van der Waals surface area contributed by atoms with Gasteiger partial charge in [-0.05, 0) is 27.7 Å². The minimum absolute atomic E-state index is 0.0393. The minimum Gasteiger partial charge on any atom is -0.465 e. The first kappa shape index (κ1) is 17.7. The van der Waals surface area contributed by atoms with Crippen LogP contribution in [0, 0.1) is 0 Å². The summed E-state index contributed by atoms with van der Waals surface area (Å²) >= 11 is 0. The largest absolute Gasteiger partial charge is 0.465 e. The summed E-state index contributed by atoms with van der Waals surface area (Å²) in [4.78, 5) is 27.4. The lowest BCUT2D eigenvalue weighted by Crippen LogP contribution is -2.59. The van der Waals surface area contributed by atoms with E-state index in [0.29, 0.717) is 19.6 Å². The maximum Gasteiger partial charge on any atom is 0.410 e. The summed E-state index contributed by atoms with van der Waals surface area (Å²) in [6, 6.07) is -0.557. The highest BCUT2D eigenvalue weighted by molar-refractivity contribution is 5.78. The van der Waals surface area contributed by atoms with Gasteiger partial charge in [0.1, 0.15) is 11.6 Å². The lowest BCUT2D eigenvalue weighted by atomic mass is 10.1. The van der Waals surface area contributed by atoms with E-state index in [1.54, 1.807) is 27.7 Å². The van der Waals surface area contributed by atoms with E-state index in [2.05, 4.69) is 0 Å². The first-order valence-electron chi connectivity index (χ1n) is 7.28. The molecular weight excluding hydrogens is 276 g/mol. The average molecular weight is 302 g/mol. The lowest BCUT2D eigenvalue weighted by molar-refractivity contribution is -0.152. The quantitative estimate of drug-likeness (QED) is 0.760. The number of amides is 1. The monoisotopic (exact) mass is 302 g/mol. The Hall–Kier alpha value is -1.34. The minimum atomic E-state index is -0.571. The number of rotatable bonds is 4. The number of β-amino-alcohol motifs (C(OH)–C–C–N with tert-alkyl or cyclic N) is 1. The van der Waals surface area contributed by atoms with Crippen molar-refractivity contribution in [1.82, 2.24) is 9.80 Å². The summed E-state index contributed by atoms with van der Waals surface area (Å²) in [6.45, 7) is 8.95. The number of nitrogens with zero attached hydrogens (tertiary/aromatic N) is 2. The summed E-state index contributed by atoms with van der Waals surface area (Å²) in [5, 5.41) is 9.08. The Labute approximate surface area is 125 Å². The topological polar surface area (TPSA) is 79.3 Å². The number of carbonyl (C=O) groups is 2. The van der Waals surface area contributed by atoms with Gasteiger partial charge in [-0.15, -0.1) is 0 Å². The van der Waals surface area contributed by atoms with E-state index in [1.807, 2.05) is 4.90 Å². The molecule has 1 N–H and O–H groups in total. The van der Waals surface area contributed by atoms with E-state index in [9.17, 15) is 9.59 Å². The van der Waals surface area contributed by atoms with Crippen LogP contribution in [-0.2, 0) is 14.3 Å². The van der Waals surface area contributed by atoms with Gasteiger partial charge in [0, 0.05) is 19.6 Å². The fraction of sp³-hybridized carbons (Fsp3) is 0.857. The third-order valence-electron chi connectivity index (χ3n) is 3.09. The molecule has 0 saturated carbocycles. The van der Waals surface area contributed by atoms with Crippen LogP contribution in [-0.4, -0.2) is 78.0 Å². The molecule has 7 nitrogen and oxygen atoms in total. The second-order valence-electron chi connectivity index (χ2n) is 5.95. The summed E-state index contributed by atoms with van der Waals surface area (Å²) < 4.78 is 10.4. The molecule has 1 rings (SSSR count). The van der Waals surface area contributed by atoms with Gasteiger partial charge in [-0.25, -0.2) is 4.79 Å². The first-order chi connectivity index (χ1) is 9.78. The number of hydrogen-bond acceptors (Lipinski definition) is 6.